The van der Waals surface area contributed by atoms with Crippen molar-refractivity contribution in [3.63, 3.8) is 0 Å². The molecule has 1 rings (SSSR count). The maximum Gasteiger partial charge on any atom is 0.692 e. The molecular formula is C6H12N2O6P2+2. The van der Waals surface area contributed by atoms with Gasteiger partial charge in [0.05, 0.1) is 0 Å². The molecule has 1 aromatic rings. The van der Waals surface area contributed by atoms with Crippen LogP contribution in [-0.2, 0) is 9.13 Å². The van der Waals surface area contributed by atoms with E-state index < -0.39 is 16.5 Å². The molecule has 0 aromatic carbocycles. The minimum absolute atomic E-state index is 1.10. The highest BCUT2D eigenvalue weighted by atomic mass is 31.1. The van der Waals surface area contributed by atoms with Gasteiger partial charge in [-0.3, -0.25) is 4.98 Å². The molecule has 1 heterocycles. The Kier molecular flexibility index (Phi) is 13.1. The molecule has 1 aromatic heterocycles. The molecule has 90 valence electrons. The van der Waals surface area contributed by atoms with Crippen LogP contribution < -0.4 is 5.32 Å². The molecule has 0 bridgehead atoms. The van der Waals surface area contributed by atoms with Crippen LogP contribution in [0.2, 0.25) is 0 Å². The van der Waals surface area contributed by atoms with E-state index in [0.29, 0.717) is 0 Å². The first-order valence-electron chi connectivity index (χ1n) is 3.68. The molecule has 0 spiro atoms. The van der Waals surface area contributed by atoms with E-state index in [1.54, 1.807) is 12.4 Å². The van der Waals surface area contributed by atoms with Gasteiger partial charge in [-0.05, 0) is 12.1 Å². The first kappa shape index (κ1) is 17.4. The fraction of sp³-hybridized carbons (Fsp3) is 0.167. The van der Waals surface area contributed by atoms with Gasteiger partial charge in [0, 0.05) is 34.3 Å². The second-order valence-electron chi connectivity index (χ2n) is 1.99. The smallest absolute Gasteiger partial charge is 0.388 e. The van der Waals surface area contributed by atoms with Gasteiger partial charge in [0.15, 0.2) is 0 Å². The predicted octanol–water partition coefficient (Wildman–Crippen LogP) is 0.380. The third kappa shape index (κ3) is 23.1. The summed E-state index contributed by atoms with van der Waals surface area (Å²) in [5, 5.41) is 2.99. The van der Waals surface area contributed by atoms with Crippen LogP contribution in [0.4, 0.5) is 5.69 Å². The highest BCUT2D eigenvalue weighted by Crippen LogP contribution is 1.99. The van der Waals surface area contributed by atoms with Gasteiger partial charge in [-0.2, -0.15) is 0 Å². The van der Waals surface area contributed by atoms with Gasteiger partial charge in [0.2, 0.25) is 0 Å². The normalized spacial score (nSPS) is 7.56. The Bertz CT molecular complexity index is 289. The van der Waals surface area contributed by atoms with E-state index in [9.17, 15) is 0 Å². The van der Waals surface area contributed by atoms with Crippen LogP contribution in [0.15, 0.2) is 24.5 Å². The molecule has 0 aliphatic carbocycles. The Morgan fingerprint density at radius 1 is 1.06 bits per heavy atom. The number of nitrogens with one attached hydrogen (secondary N) is 1. The first-order chi connectivity index (χ1) is 7.40. The zero-order chi connectivity index (χ0) is 13.0. The van der Waals surface area contributed by atoms with Crippen LogP contribution in [0.1, 0.15) is 0 Å². The standard InChI is InChI=1S/C6H8N2.2HO3P/c1-7-6-2-4-8-5-3-6;2*1-4(2)3/h2-5H,1H3,(H,7,8);2*(H-,1,2,3)/p+2. The third-order valence-corrected chi connectivity index (χ3v) is 0.969. The predicted molar refractivity (Wildman–Crippen MR) is 57.9 cm³/mol. The van der Waals surface area contributed by atoms with Crippen LogP contribution in [-0.4, -0.2) is 31.6 Å². The lowest BCUT2D eigenvalue weighted by Crippen LogP contribution is -1.85. The quantitative estimate of drug-likeness (QED) is 0.461. The van der Waals surface area contributed by atoms with Crippen LogP contribution >= 0.6 is 16.5 Å². The van der Waals surface area contributed by atoms with Crippen molar-refractivity contribution in [2.24, 2.45) is 0 Å². The van der Waals surface area contributed by atoms with Gasteiger partial charge >= 0.3 is 16.5 Å². The van der Waals surface area contributed by atoms with Gasteiger partial charge in [-0.15, -0.1) is 19.6 Å². The monoisotopic (exact) mass is 270 g/mol. The summed E-state index contributed by atoms with van der Waals surface area (Å²) in [4.78, 5) is 32.3. The zero-order valence-electron chi connectivity index (χ0n) is 8.26. The van der Waals surface area contributed by atoms with Gasteiger partial charge < -0.3 is 5.32 Å². The number of aromatic nitrogens is 1. The summed E-state index contributed by atoms with van der Waals surface area (Å²) >= 11 is 0. The SMILES string of the molecule is CNc1ccncc1.O=[P+](O)O.O=[P+](O)O. The lowest BCUT2D eigenvalue weighted by Gasteiger charge is -1.93. The molecule has 0 aliphatic heterocycles. The summed E-state index contributed by atoms with van der Waals surface area (Å²) in [6.07, 6.45) is 3.51. The van der Waals surface area contributed by atoms with E-state index in [4.69, 9.17) is 28.7 Å². The highest BCUT2D eigenvalue weighted by molar-refractivity contribution is 7.31. The fourth-order valence-corrected chi connectivity index (χ4v) is 0.519. The molecular weight excluding hydrogens is 258 g/mol. The molecule has 0 fully saturated rings. The van der Waals surface area contributed by atoms with E-state index in [-0.39, 0.29) is 0 Å². The number of hydrogen-bond acceptors (Lipinski definition) is 4. The summed E-state index contributed by atoms with van der Waals surface area (Å²) in [6.45, 7) is 0. The molecule has 0 unspecified atom stereocenters. The van der Waals surface area contributed by atoms with Gasteiger partial charge in [-0.1, -0.05) is 0 Å². The highest BCUT2D eigenvalue weighted by Gasteiger charge is 1.93. The molecule has 10 heteroatoms. The van der Waals surface area contributed by atoms with Crippen molar-refractivity contribution >= 4 is 22.2 Å². The Labute approximate surface area is 93.5 Å². The topological polar surface area (TPSA) is 140 Å². The molecule has 8 nitrogen and oxygen atoms in total. The van der Waals surface area contributed by atoms with E-state index in [1.807, 2.05) is 19.2 Å². The molecule has 16 heavy (non-hydrogen) atoms. The van der Waals surface area contributed by atoms with Crippen LogP contribution in [0.3, 0.4) is 0 Å². The van der Waals surface area contributed by atoms with Gasteiger partial charge in [0.25, 0.3) is 0 Å². The second kappa shape index (κ2) is 12.1. The van der Waals surface area contributed by atoms with Crippen molar-refractivity contribution in [1.82, 2.24) is 4.98 Å². The number of pyridine rings is 1. The Morgan fingerprint density at radius 3 is 1.56 bits per heavy atom. The summed E-state index contributed by atoms with van der Waals surface area (Å²) in [5.74, 6) is 0. The maximum absolute atomic E-state index is 8.70. The summed E-state index contributed by atoms with van der Waals surface area (Å²) < 4.78 is 17.4. The molecule has 0 saturated heterocycles. The number of rotatable bonds is 1. The van der Waals surface area contributed by atoms with Crippen molar-refractivity contribution in [2.75, 3.05) is 12.4 Å². The van der Waals surface area contributed by atoms with Crippen LogP contribution in [0.25, 0.3) is 0 Å². The van der Waals surface area contributed by atoms with Crippen LogP contribution in [0.5, 0.6) is 0 Å². The average molecular weight is 270 g/mol. The molecule has 0 saturated carbocycles. The largest absolute Gasteiger partial charge is 0.692 e. The molecule has 0 atom stereocenters. The van der Waals surface area contributed by atoms with E-state index in [2.05, 4.69) is 10.3 Å². The van der Waals surface area contributed by atoms with Crippen molar-refractivity contribution in [3.8, 4) is 0 Å². The molecule has 0 aliphatic rings. The van der Waals surface area contributed by atoms with E-state index in [1.165, 1.54) is 0 Å². The lowest BCUT2D eigenvalue weighted by molar-refractivity contribution is 0.403. The number of anilines is 1. The number of hydrogen-bond donors (Lipinski definition) is 5. The van der Waals surface area contributed by atoms with Crippen LogP contribution in [0, 0.1) is 0 Å². The van der Waals surface area contributed by atoms with Gasteiger partial charge in [-0.25, -0.2) is 0 Å². The third-order valence-electron chi connectivity index (χ3n) is 0.969. The molecule has 0 amide bonds. The summed E-state index contributed by atoms with van der Waals surface area (Å²) in [7, 11) is -3.86. The minimum Gasteiger partial charge on any atom is -0.388 e. The van der Waals surface area contributed by atoms with Crippen molar-refractivity contribution in [2.45, 2.75) is 0 Å². The van der Waals surface area contributed by atoms with Crippen molar-refractivity contribution in [1.29, 1.82) is 0 Å². The Hall–Kier alpha value is -1.01. The fourth-order valence-electron chi connectivity index (χ4n) is 0.519. The summed E-state index contributed by atoms with van der Waals surface area (Å²) in [6, 6.07) is 3.83. The lowest BCUT2D eigenvalue weighted by atomic mass is 10.4. The van der Waals surface area contributed by atoms with Crippen molar-refractivity contribution in [3.05, 3.63) is 24.5 Å². The Balaban J connectivity index is 0. The number of nitrogens with zero attached hydrogens (tertiary/aromatic N) is 1. The summed E-state index contributed by atoms with van der Waals surface area (Å²) in [5.41, 5.74) is 1.10. The maximum atomic E-state index is 8.70. The molecule has 5 N–H and O–H groups in total. The second-order valence-corrected chi connectivity index (χ2v) is 3.00. The molecule has 0 radical (unpaired) electrons. The average Bonchev–Trinajstić information content (AvgIpc) is 2.17. The first-order valence-corrected chi connectivity index (χ1v) is 6.01. The van der Waals surface area contributed by atoms with E-state index in [0.717, 1.165) is 5.69 Å². The van der Waals surface area contributed by atoms with Gasteiger partial charge in [0.1, 0.15) is 0 Å². The Morgan fingerprint density at radius 2 is 1.38 bits per heavy atom. The van der Waals surface area contributed by atoms with E-state index >= 15 is 0 Å². The zero-order valence-corrected chi connectivity index (χ0v) is 10.0. The van der Waals surface area contributed by atoms with Crippen molar-refractivity contribution < 1.29 is 28.7 Å². The minimum atomic E-state index is -2.87.